The van der Waals surface area contributed by atoms with E-state index in [0.717, 1.165) is 19.5 Å². The lowest BCUT2D eigenvalue weighted by Crippen LogP contribution is -2.22. The van der Waals surface area contributed by atoms with Crippen molar-refractivity contribution in [2.24, 2.45) is 0 Å². The summed E-state index contributed by atoms with van der Waals surface area (Å²) < 4.78 is 1.98. The fourth-order valence-corrected chi connectivity index (χ4v) is 2.18. The molecule has 19 heavy (non-hydrogen) atoms. The second-order valence-electron chi connectivity index (χ2n) is 4.93. The molecule has 0 amide bonds. The number of aromatic nitrogens is 2. The quantitative estimate of drug-likeness (QED) is 0.860. The van der Waals surface area contributed by atoms with E-state index < -0.39 is 0 Å². The smallest absolute Gasteiger partial charge is 0.0607 e. The van der Waals surface area contributed by atoms with Gasteiger partial charge in [0, 0.05) is 18.3 Å². The van der Waals surface area contributed by atoms with Gasteiger partial charge in [-0.3, -0.25) is 4.68 Å². The molecule has 1 unspecified atom stereocenters. The minimum atomic E-state index is 0.237. The molecule has 1 atom stereocenters. The van der Waals surface area contributed by atoms with Crippen LogP contribution in [0.4, 0.5) is 0 Å². The van der Waals surface area contributed by atoms with E-state index in [2.05, 4.69) is 61.6 Å². The average Bonchev–Trinajstić information content (AvgIpc) is 2.90. The zero-order valence-electron chi connectivity index (χ0n) is 12.1. The maximum Gasteiger partial charge on any atom is 0.0607 e. The van der Waals surface area contributed by atoms with Gasteiger partial charge in [-0.1, -0.05) is 36.8 Å². The number of hydrogen-bond acceptors (Lipinski definition) is 2. The van der Waals surface area contributed by atoms with Crippen LogP contribution in [0.2, 0.25) is 0 Å². The summed E-state index contributed by atoms with van der Waals surface area (Å²) in [4.78, 5) is 0. The third kappa shape index (κ3) is 3.44. The molecule has 0 aliphatic heterocycles. The molecule has 0 fully saturated rings. The van der Waals surface area contributed by atoms with Crippen molar-refractivity contribution in [1.29, 1.82) is 0 Å². The van der Waals surface area contributed by atoms with Crippen molar-refractivity contribution >= 4 is 0 Å². The molecule has 1 aromatic carbocycles. The highest BCUT2D eigenvalue weighted by Crippen LogP contribution is 2.22. The van der Waals surface area contributed by atoms with Crippen molar-refractivity contribution in [3.63, 3.8) is 0 Å². The van der Waals surface area contributed by atoms with Crippen LogP contribution in [0.25, 0.3) is 0 Å². The average molecular weight is 257 g/mol. The van der Waals surface area contributed by atoms with E-state index in [4.69, 9.17) is 0 Å². The van der Waals surface area contributed by atoms with Crippen LogP contribution < -0.4 is 5.32 Å². The molecule has 102 valence electrons. The fourth-order valence-electron chi connectivity index (χ4n) is 2.18. The second-order valence-corrected chi connectivity index (χ2v) is 4.93. The summed E-state index contributed by atoms with van der Waals surface area (Å²) in [5, 5.41) is 7.99. The first kappa shape index (κ1) is 13.8. The van der Waals surface area contributed by atoms with Gasteiger partial charge in [0.1, 0.15) is 0 Å². The first-order chi connectivity index (χ1) is 9.24. The lowest BCUT2D eigenvalue weighted by atomic mass is 10.0. The third-order valence-corrected chi connectivity index (χ3v) is 3.32. The number of nitrogens with zero attached hydrogens (tertiary/aromatic N) is 2. The Morgan fingerprint density at radius 2 is 1.89 bits per heavy atom. The summed E-state index contributed by atoms with van der Waals surface area (Å²) in [7, 11) is 0. The van der Waals surface area contributed by atoms with Crippen LogP contribution in [-0.4, -0.2) is 16.3 Å². The van der Waals surface area contributed by atoms with E-state index in [9.17, 15) is 0 Å². The Bertz CT molecular complexity index is 499. The van der Waals surface area contributed by atoms with E-state index in [-0.39, 0.29) is 6.04 Å². The molecule has 3 nitrogen and oxygen atoms in total. The Labute approximate surface area is 115 Å². The topological polar surface area (TPSA) is 29.9 Å². The van der Waals surface area contributed by atoms with Gasteiger partial charge in [-0.2, -0.15) is 5.10 Å². The predicted molar refractivity (Wildman–Crippen MR) is 79.2 cm³/mol. The van der Waals surface area contributed by atoms with Crippen molar-refractivity contribution in [1.82, 2.24) is 15.1 Å². The summed E-state index contributed by atoms with van der Waals surface area (Å²) >= 11 is 0. The molecular formula is C16H23N3. The van der Waals surface area contributed by atoms with Crippen LogP contribution in [0.3, 0.4) is 0 Å². The van der Waals surface area contributed by atoms with Crippen molar-refractivity contribution in [2.45, 2.75) is 39.8 Å². The minimum Gasteiger partial charge on any atom is -0.306 e. The van der Waals surface area contributed by atoms with Crippen molar-refractivity contribution in [2.75, 3.05) is 6.54 Å². The van der Waals surface area contributed by atoms with Gasteiger partial charge in [-0.25, -0.2) is 0 Å². The van der Waals surface area contributed by atoms with Gasteiger partial charge in [-0.05, 0) is 32.4 Å². The fraction of sp³-hybridized carbons (Fsp3) is 0.438. The summed E-state index contributed by atoms with van der Waals surface area (Å²) in [6, 6.07) is 8.97. The molecule has 2 rings (SSSR count). The Morgan fingerprint density at radius 3 is 2.47 bits per heavy atom. The van der Waals surface area contributed by atoms with Crippen LogP contribution in [0.5, 0.6) is 0 Å². The van der Waals surface area contributed by atoms with E-state index in [1.807, 2.05) is 10.9 Å². The lowest BCUT2D eigenvalue weighted by molar-refractivity contribution is 0.596. The Balaban J connectivity index is 2.26. The first-order valence-electron chi connectivity index (χ1n) is 7.07. The molecule has 0 aliphatic rings. The number of nitrogens with one attached hydrogen (secondary N) is 1. The molecule has 1 N–H and O–H groups in total. The molecule has 0 saturated carbocycles. The lowest BCUT2D eigenvalue weighted by Gasteiger charge is -2.17. The van der Waals surface area contributed by atoms with Crippen LogP contribution in [-0.2, 0) is 6.54 Å². The van der Waals surface area contributed by atoms with Gasteiger partial charge in [0.05, 0.1) is 12.2 Å². The minimum absolute atomic E-state index is 0.237. The van der Waals surface area contributed by atoms with Gasteiger partial charge in [0.25, 0.3) is 0 Å². The largest absolute Gasteiger partial charge is 0.306 e. The maximum absolute atomic E-state index is 4.38. The first-order valence-corrected chi connectivity index (χ1v) is 7.07. The number of aryl methyl sites for hydroxylation is 2. The Morgan fingerprint density at radius 1 is 1.16 bits per heavy atom. The number of benzene rings is 1. The van der Waals surface area contributed by atoms with Crippen molar-refractivity contribution in [3.8, 4) is 0 Å². The highest BCUT2D eigenvalue weighted by molar-refractivity contribution is 5.31. The van der Waals surface area contributed by atoms with Crippen LogP contribution in [0.15, 0.2) is 36.7 Å². The number of rotatable bonds is 6. The summed E-state index contributed by atoms with van der Waals surface area (Å²) in [6.07, 6.45) is 5.23. The standard InChI is InChI=1S/C16H23N3/c1-4-10-17-16(14-8-6-13(3)7-9-14)15-11-18-19(5-2)12-15/h6-9,11-12,16-17H,4-5,10H2,1-3H3. The molecule has 1 heterocycles. The second kappa shape index (κ2) is 6.53. The van der Waals surface area contributed by atoms with Gasteiger partial charge in [-0.15, -0.1) is 0 Å². The van der Waals surface area contributed by atoms with E-state index in [1.54, 1.807) is 0 Å². The normalized spacial score (nSPS) is 12.6. The molecule has 0 aliphatic carbocycles. The van der Waals surface area contributed by atoms with E-state index >= 15 is 0 Å². The van der Waals surface area contributed by atoms with Crippen molar-refractivity contribution in [3.05, 3.63) is 53.3 Å². The molecule has 0 radical (unpaired) electrons. The molecule has 0 saturated heterocycles. The monoisotopic (exact) mass is 257 g/mol. The molecule has 1 aromatic heterocycles. The molecule has 2 aromatic rings. The SMILES string of the molecule is CCCNC(c1ccc(C)cc1)c1cnn(CC)c1. The Hall–Kier alpha value is -1.61. The Kier molecular flexibility index (Phi) is 4.74. The van der Waals surface area contributed by atoms with Crippen LogP contribution in [0.1, 0.15) is 43.0 Å². The maximum atomic E-state index is 4.38. The van der Waals surface area contributed by atoms with Crippen molar-refractivity contribution < 1.29 is 0 Å². The molecule has 0 bridgehead atoms. The van der Waals surface area contributed by atoms with Gasteiger partial charge in [0.2, 0.25) is 0 Å². The molecule has 3 heteroatoms. The zero-order chi connectivity index (χ0) is 13.7. The predicted octanol–water partition coefficient (Wildman–Crippen LogP) is 3.30. The summed E-state index contributed by atoms with van der Waals surface area (Å²) in [5.74, 6) is 0. The zero-order valence-corrected chi connectivity index (χ0v) is 12.1. The highest BCUT2D eigenvalue weighted by atomic mass is 15.3. The number of hydrogen-bond donors (Lipinski definition) is 1. The molecule has 0 spiro atoms. The van der Waals surface area contributed by atoms with Gasteiger partial charge < -0.3 is 5.32 Å². The van der Waals surface area contributed by atoms with Crippen LogP contribution >= 0.6 is 0 Å². The van der Waals surface area contributed by atoms with Gasteiger partial charge in [0.15, 0.2) is 0 Å². The summed E-state index contributed by atoms with van der Waals surface area (Å²) in [6.45, 7) is 8.34. The van der Waals surface area contributed by atoms with Crippen LogP contribution in [0, 0.1) is 6.92 Å². The van der Waals surface area contributed by atoms with E-state index in [0.29, 0.717) is 0 Å². The van der Waals surface area contributed by atoms with Gasteiger partial charge >= 0.3 is 0 Å². The summed E-state index contributed by atoms with van der Waals surface area (Å²) in [5.41, 5.74) is 3.83. The molecular weight excluding hydrogens is 234 g/mol. The highest BCUT2D eigenvalue weighted by Gasteiger charge is 2.14. The third-order valence-electron chi connectivity index (χ3n) is 3.32. The van der Waals surface area contributed by atoms with E-state index in [1.165, 1.54) is 16.7 Å².